The van der Waals surface area contributed by atoms with Crippen LogP contribution in [0.1, 0.15) is 30.4 Å². The minimum absolute atomic E-state index is 0.399. The lowest BCUT2D eigenvalue weighted by atomic mass is 10.1. The van der Waals surface area contributed by atoms with Gasteiger partial charge in [0.05, 0.1) is 0 Å². The maximum atomic E-state index is 6.25. The number of likely N-dealkylation sites (tertiary alicyclic amines) is 1. The van der Waals surface area contributed by atoms with Crippen LogP contribution in [0.5, 0.6) is 0 Å². The molecule has 1 heterocycles. The van der Waals surface area contributed by atoms with Crippen molar-refractivity contribution in [1.82, 2.24) is 4.90 Å². The van der Waals surface area contributed by atoms with Crippen molar-refractivity contribution in [3.63, 3.8) is 0 Å². The molecule has 0 atom stereocenters. The fraction of sp³-hybridized carbons (Fsp3) is 0.462. The Morgan fingerprint density at radius 3 is 2.59 bits per heavy atom. The first kappa shape index (κ1) is 12.8. The molecular weight excluding hydrogens is 252 g/mol. The van der Waals surface area contributed by atoms with Gasteiger partial charge < -0.3 is 5.73 Å². The number of halogens is 1. The van der Waals surface area contributed by atoms with Gasteiger partial charge >= 0.3 is 0 Å². The third-order valence-corrected chi connectivity index (χ3v) is 3.77. The number of hydrogen-bond donors (Lipinski definition) is 1. The molecule has 0 aromatic heterocycles. The van der Waals surface area contributed by atoms with Gasteiger partial charge in [-0.05, 0) is 37.6 Å². The van der Waals surface area contributed by atoms with Crippen LogP contribution in [0.15, 0.2) is 18.2 Å². The molecule has 1 saturated heterocycles. The van der Waals surface area contributed by atoms with Gasteiger partial charge in [0.15, 0.2) is 0 Å². The number of hydrogen-bond acceptors (Lipinski definition) is 2. The Balaban J connectivity index is 2.08. The number of thiocarbonyl (C=S) groups is 1. The number of piperidine rings is 1. The van der Waals surface area contributed by atoms with Crippen LogP contribution in [0.25, 0.3) is 0 Å². The smallest absolute Gasteiger partial charge is 0.104 e. The molecule has 1 aliphatic heterocycles. The molecule has 1 aliphatic rings. The zero-order valence-electron chi connectivity index (χ0n) is 9.79. The van der Waals surface area contributed by atoms with E-state index in [1.54, 1.807) is 0 Å². The van der Waals surface area contributed by atoms with E-state index in [0.717, 1.165) is 22.7 Å². The lowest BCUT2D eigenvalue weighted by Gasteiger charge is -2.26. The molecule has 1 aromatic rings. The molecular formula is C13H17ClN2S. The van der Waals surface area contributed by atoms with Crippen molar-refractivity contribution in [2.75, 3.05) is 13.1 Å². The van der Waals surface area contributed by atoms with Crippen molar-refractivity contribution in [2.45, 2.75) is 25.8 Å². The van der Waals surface area contributed by atoms with E-state index in [9.17, 15) is 0 Å². The molecule has 92 valence electrons. The number of nitrogens with two attached hydrogens (primary N) is 1. The summed E-state index contributed by atoms with van der Waals surface area (Å²) in [6, 6.07) is 5.85. The molecule has 1 aromatic carbocycles. The Hall–Kier alpha value is -0.640. The normalized spacial score (nSPS) is 17.0. The maximum Gasteiger partial charge on any atom is 0.104 e. The Kier molecular flexibility index (Phi) is 4.37. The highest BCUT2D eigenvalue weighted by molar-refractivity contribution is 7.80. The van der Waals surface area contributed by atoms with E-state index in [1.807, 2.05) is 18.2 Å². The zero-order chi connectivity index (χ0) is 12.3. The van der Waals surface area contributed by atoms with Crippen LogP contribution in [-0.4, -0.2) is 23.0 Å². The Morgan fingerprint density at radius 2 is 2.00 bits per heavy atom. The molecule has 2 nitrogen and oxygen atoms in total. The summed E-state index contributed by atoms with van der Waals surface area (Å²) in [6.45, 7) is 3.28. The molecule has 0 aliphatic carbocycles. The lowest BCUT2D eigenvalue weighted by Crippen LogP contribution is -2.29. The molecule has 2 N–H and O–H groups in total. The van der Waals surface area contributed by atoms with Crippen LogP contribution in [0, 0.1) is 0 Å². The molecule has 0 spiro atoms. The predicted octanol–water partition coefficient (Wildman–Crippen LogP) is 2.96. The third-order valence-electron chi connectivity index (χ3n) is 3.18. The quantitative estimate of drug-likeness (QED) is 0.855. The van der Waals surface area contributed by atoms with Crippen LogP contribution in [0.3, 0.4) is 0 Å². The number of nitrogens with zero attached hydrogens (tertiary/aromatic N) is 1. The van der Waals surface area contributed by atoms with Gasteiger partial charge in [-0.2, -0.15) is 0 Å². The van der Waals surface area contributed by atoms with Crippen molar-refractivity contribution in [2.24, 2.45) is 5.73 Å². The fourth-order valence-corrected chi connectivity index (χ4v) is 2.55. The topological polar surface area (TPSA) is 29.3 Å². The summed E-state index contributed by atoms with van der Waals surface area (Å²) in [6.07, 6.45) is 3.94. The predicted molar refractivity (Wildman–Crippen MR) is 76.5 cm³/mol. The molecule has 0 amide bonds. The summed E-state index contributed by atoms with van der Waals surface area (Å²) in [5.41, 5.74) is 7.58. The molecule has 0 radical (unpaired) electrons. The van der Waals surface area contributed by atoms with Gasteiger partial charge in [0.1, 0.15) is 4.99 Å². The molecule has 4 heteroatoms. The number of benzene rings is 1. The largest absolute Gasteiger partial charge is 0.389 e. The first-order valence-corrected chi connectivity index (χ1v) is 6.76. The second-order valence-corrected chi connectivity index (χ2v) is 5.35. The van der Waals surface area contributed by atoms with E-state index >= 15 is 0 Å². The van der Waals surface area contributed by atoms with Crippen LogP contribution in [-0.2, 0) is 6.54 Å². The van der Waals surface area contributed by atoms with Crippen LogP contribution >= 0.6 is 23.8 Å². The van der Waals surface area contributed by atoms with Gasteiger partial charge in [0.25, 0.3) is 0 Å². The van der Waals surface area contributed by atoms with Gasteiger partial charge in [-0.1, -0.05) is 42.4 Å². The molecule has 0 saturated carbocycles. The highest BCUT2D eigenvalue weighted by atomic mass is 35.5. The van der Waals surface area contributed by atoms with Gasteiger partial charge in [-0.3, -0.25) is 4.90 Å². The monoisotopic (exact) mass is 268 g/mol. The van der Waals surface area contributed by atoms with Gasteiger partial charge in [0.2, 0.25) is 0 Å². The van der Waals surface area contributed by atoms with E-state index in [0.29, 0.717) is 4.99 Å². The van der Waals surface area contributed by atoms with Crippen molar-refractivity contribution >= 4 is 28.8 Å². The highest BCUT2D eigenvalue weighted by Crippen LogP contribution is 2.21. The fourth-order valence-electron chi connectivity index (χ4n) is 2.19. The van der Waals surface area contributed by atoms with Crippen LogP contribution in [0.4, 0.5) is 0 Å². The summed E-state index contributed by atoms with van der Waals surface area (Å²) in [5, 5.41) is 0.765. The molecule has 2 rings (SSSR count). The maximum absolute atomic E-state index is 6.25. The van der Waals surface area contributed by atoms with Gasteiger partial charge in [0, 0.05) is 17.1 Å². The summed E-state index contributed by atoms with van der Waals surface area (Å²) >= 11 is 11.2. The van der Waals surface area contributed by atoms with E-state index in [4.69, 9.17) is 29.6 Å². The van der Waals surface area contributed by atoms with Gasteiger partial charge in [-0.15, -0.1) is 0 Å². The summed E-state index contributed by atoms with van der Waals surface area (Å²) in [5.74, 6) is 0. The second-order valence-electron chi connectivity index (χ2n) is 4.51. The van der Waals surface area contributed by atoms with E-state index in [-0.39, 0.29) is 0 Å². The van der Waals surface area contributed by atoms with E-state index in [1.165, 1.54) is 32.4 Å². The van der Waals surface area contributed by atoms with E-state index < -0.39 is 0 Å². The Morgan fingerprint density at radius 1 is 1.29 bits per heavy atom. The molecule has 0 bridgehead atoms. The zero-order valence-corrected chi connectivity index (χ0v) is 11.4. The summed E-state index contributed by atoms with van der Waals surface area (Å²) in [4.78, 5) is 2.85. The Labute approximate surface area is 113 Å². The van der Waals surface area contributed by atoms with E-state index in [2.05, 4.69) is 4.90 Å². The van der Waals surface area contributed by atoms with Crippen molar-refractivity contribution in [3.05, 3.63) is 34.3 Å². The second kappa shape index (κ2) is 5.80. The van der Waals surface area contributed by atoms with Crippen molar-refractivity contribution in [3.8, 4) is 0 Å². The standard InChI is InChI=1S/C13H17ClN2S/c14-12-8-10(13(15)17)4-5-11(12)9-16-6-2-1-3-7-16/h4-5,8H,1-3,6-7,9H2,(H2,15,17). The lowest BCUT2D eigenvalue weighted by molar-refractivity contribution is 0.221. The highest BCUT2D eigenvalue weighted by Gasteiger charge is 2.12. The SMILES string of the molecule is NC(=S)c1ccc(CN2CCCCC2)c(Cl)c1. The first-order valence-electron chi connectivity index (χ1n) is 5.97. The summed E-state index contributed by atoms with van der Waals surface area (Å²) in [7, 11) is 0. The van der Waals surface area contributed by atoms with Crippen LogP contribution in [0.2, 0.25) is 5.02 Å². The minimum atomic E-state index is 0.399. The molecule has 1 fully saturated rings. The third kappa shape index (κ3) is 3.41. The number of rotatable bonds is 3. The minimum Gasteiger partial charge on any atom is -0.389 e. The van der Waals surface area contributed by atoms with Gasteiger partial charge in [-0.25, -0.2) is 0 Å². The summed E-state index contributed by atoms with van der Waals surface area (Å²) < 4.78 is 0. The average molecular weight is 269 g/mol. The molecule has 17 heavy (non-hydrogen) atoms. The Bertz CT molecular complexity index is 414. The first-order chi connectivity index (χ1) is 8.16. The van der Waals surface area contributed by atoms with Crippen LogP contribution < -0.4 is 5.73 Å². The molecule has 0 unspecified atom stereocenters. The average Bonchev–Trinajstić information content (AvgIpc) is 2.33. The van der Waals surface area contributed by atoms with Crippen molar-refractivity contribution in [1.29, 1.82) is 0 Å². The van der Waals surface area contributed by atoms with Crippen molar-refractivity contribution < 1.29 is 0 Å².